The molecule has 1 aliphatic rings. The van der Waals surface area contributed by atoms with Crippen molar-refractivity contribution in [3.63, 3.8) is 0 Å². The van der Waals surface area contributed by atoms with Crippen molar-refractivity contribution in [1.82, 2.24) is 15.1 Å². The Balaban J connectivity index is 1.76. The first-order valence-electron chi connectivity index (χ1n) is 10.2. The van der Waals surface area contributed by atoms with Crippen LogP contribution >= 0.6 is 0 Å². The van der Waals surface area contributed by atoms with Gasteiger partial charge in [0.15, 0.2) is 0 Å². The topological polar surface area (TPSA) is 54.0 Å². The number of carbonyl (C=O) groups is 1. The van der Waals surface area contributed by atoms with E-state index in [4.69, 9.17) is 9.47 Å². The van der Waals surface area contributed by atoms with E-state index in [-0.39, 0.29) is 31.5 Å². The van der Waals surface area contributed by atoms with E-state index in [0.29, 0.717) is 24.5 Å². The molecule has 0 unspecified atom stereocenters. The number of likely N-dealkylation sites (tertiary alicyclic amines) is 1. The largest absolute Gasteiger partial charge is 0.497 e. The highest BCUT2D eigenvalue weighted by Gasteiger charge is 2.35. The highest BCUT2D eigenvalue weighted by molar-refractivity contribution is 5.75. The van der Waals surface area contributed by atoms with E-state index in [0.717, 1.165) is 11.1 Å². The fourth-order valence-corrected chi connectivity index (χ4v) is 3.79. The zero-order chi connectivity index (χ0) is 22.4. The van der Waals surface area contributed by atoms with E-state index in [2.05, 4.69) is 5.32 Å². The summed E-state index contributed by atoms with van der Waals surface area (Å²) in [6.45, 7) is 1.38. The molecule has 0 spiro atoms. The van der Waals surface area contributed by atoms with Crippen molar-refractivity contribution in [3.05, 3.63) is 59.4 Å². The smallest absolute Gasteiger partial charge is 0.318 e. The number of carbonyl (C=O) groups excluding carboxylic acids is 1. The third-order valence-corrected chi connectivity index (χ3v) is 5.56. The van der Waals surface area contributed by atoms with Gasteiger partial charge in [-0.3, -0.25) is 0 Å². The Morgan fingerprint density at radius 3 is 2.58 bits per heavy atom. The minimum absolute atomic E-state index is 0.195. The SMILES string of the molecule is COc1ccc(CNC(=O)N(Cc2ccc(F)cc2)[C@@H]2CCN(C)C[C@@H]2F)c(OC)c1. The number of methoxy groups -OCH3 is 2. The lowest BCUT2D eigenvalue weighted by Gasteiger charge is -2.39. The van der Waals surface area contributed by atoms with E-state index in [1.165, 1.54) is 17.0 Å². The molecular weight excluding hydrogens is 404 g/mol. The van der Waals surface area contributed by atoms with Crippen molar-refractivity contribution in [2.24, 2.45) is 0 Å². The second kappa shape index (κ2) is 10.4. The first kappa shape index (κ1) is 22.8. The monoisotopic (exact) mass is 433 g/mol. The van der Waals surface area contributed by atoms with Crippen LogP contribution in [0.1, 0.15) is 17.5 Å². The van der Waals surface area contributed by atoms with E-state index in [9.17, 15) is 13.6 Å². The Hall–Kier alpha value is -2.87. The molecule has 0 aromatic heterocycles. The highest BCUT2D eigenvalue weighted by Crippen LogP contribution is 2.25. The van der Waals surface area contributed by atoms with Crippen LogP contribution in [0.25, 0.3) is 0 Å². The Morgan fingerprint density at radius 1 is 1.19 bits per heavy atom. The standard InChI is InChI=1S/C23H29F2N3O3/c1-27-11-10-21(20(25)15-27)28(14-16-4-7-18(24)8-5-16)23(29)26-13-17-6-9-19(30-2)12-22(17)31-3/h4-9,12,20-21H,10-11,13-15H2,1-3H3,(H,26,29)/t20-,21+/m0/s1. The van der Waals surface area contributed by atoms with Crippen LogP contribution in [0.3, 0.4) is 0 Å². The molecule has 168 valence electrons. The first-order chi connectivity index (χ1) is 14.9. The second-order valence-corrected chi connectivity index (χ2v) is 7.73. The molecule has 3 rings (SSSR count). The molecule has 0 bridgehead atoms. The van der Waals surface area contributed by atoms with E-state index < -0.39 is 12.2 Å². The van der Waals surface area contributed by atoms with Crippen molar-refractivity contribution < 1.29 is 23.0 Å². The van der Waals surface area contributed by atoms with Crippen molar-refractivity contribution in [2.45, 2.75) is 31.7 Å². The summed E-state index contributed by atoms with van der Waals surface area (Å²) in [5.41, 5.74) is 1.52. The molecule has 1 N–H and O–H groups in total. The number of rotatable bonds is 7. The molecular formula is C23H29F2N3O3. The molecule has 8 heteroatoms. The number of nitrogens with one attached hydrogen (secondary N) is 1. The third-order valence-electron chi connectivity index (χ3n) is 5.56. The zero-order valence-corrected chi connectivity index (χ0v) is 18.1. The predicted molar refractivity (Wildman–Crippen MR) is 115 cm³/mol. The van der Waals surface area contributed by atoms with Crippen LogP contribution in [0, 0.1) is 5.82 Å². The van der Waals surface area contributed by atoms with Gasteiger partial charge >= 0.3 is 6.03 Å². The molecule has 0 aliphatic carbocycles. The molecule has 2 atom stereocenters. The number of hydrogen-bond acceptors (Lipinski definition) is 4. The summed E-state index contributed by atoms with van der Waals surface area (Å²) in [7, 11) is 4.98. The van der Waals surface area contributed by atoms with Gasteiger partial charge in [0.25, 0.3) is 0 Å². The van der Waals surface area contributed by atoms with Gasteiger partial charge in [0.1, 0.15) is 23.5 Å². The van der Waals surface area contributed by atoms with Crippen molar-refractivity contribution in [2.75, 3.05) is 34.4 Å². The fourth-order valence-electron chi connectivity index (χ4n) is 3.79. The molecule has 1 aliphatic heterocycles. The summed E-state index contributed by atoms with van der Waals surface area (Å²) in [6, 6.07) is 10.3. The molecule has 1 saturated heterocycles. The quantitative estimate of drug-likeness (QED) is 0.725. The van der Waals surface area contributed by atoms with Crippen LogP contribution in [0.2, 0.25) is 0 Å². The molecule has 0 saturated carbocycles. The maximum absolute atomic E-state index is 14.9. The Morgan fingerprint density at radius 2 is 1.94 bits per heavy atom. The van der Waals surface area contributed by atoms with E-state index in [1.54, 1.807) is 38.5 Å². The number of benzene rings is 2. The third kappa shape index (κ3) is 5.85. The van der Waals surface area contributed by atoms with Crippen LogP contribution in [0.15, 0.2) is 42.5 Å². The number of urea groups is 1. The average Bonchev–Trinajstić information content (AvgIpc) is 2.77. The van der Waals surface area contributed by atoms with Crippen LogP contribution in [0.4, 0.5) is 13.6 Å². The lowest BCUT2D eigenvalue weighted by Crippen LogP contribution is -2.55. The van der Waals surface area contributed by atoms with E-state index in [1.807, 2.05) is 18.0 Å². The lowest BCUT2D eigenvalue weighted by molar-refractivity contribution is 0.0571. The van der Waals surface area contributed by atoms with Crippen molar-refractivity contribution >= 4 is 6.03 Å². The number of alkyl halides is 1. The normalized spacial score (nSPS) is 19.0. The first-order valence-corrected chi connectivity index (χ1v) is 10.2. The maximum Gasteiger partial charge on any atom is 0.318 e. The number of ether oxygens (including phenoxy) is 2. The molecule has 2 aromatic carbocycles. The van der Waals surface area contributed by atoms with Crippen LogP contribution in [-0.2, 0) is 13.1 Å². The number of piperidine rings is 1. The van der Waals surface area contributed by atoms with Gasteiger partial charge in [-0.15, -0.1) is 0 Å². The molecule has 1 heterocycles. The molecule has 0 radical (unpaired) electrons. The number of halogens is 2. The van der Waals surface area contributed by atoms with Gasteiger partial charge in [-0.1, -0.05) is 12.1 Å². The molecule has 1 fully saturated rings. The summed E-state index contributed by atoms with van der Waals surface area (Å²) in [5, 5.41) is 2.88. The number of amides is 2. The summed E-state index contributed by atoms with van der Waals surface area (Å²) in [6.07, 6.45) is -0.640. The summed E-state index contributed by atoms with van der Waals surface area (Å²) < 4.78 is 38.8. The van der Waals surface area contributed by atoms with Crippen molar-refractivity contribution in [1.29, 1.82) is 0 Å². The van der Waals surface area contributed by atoms with Gasteiger partial charge in [-0.05, 0) is 43.3 Å². The van der Waals surface area contributed by atoms with Gasteiger partial charge in [0.05, 0.1) is 20.3 Å². The van der Waals surface area contributed by atoms with Gasteiger partial charge in [-0.25, -0.2) is 13.6 Å². The molecule has 2 amide bonds. The predicted octanol–water partition coefficient (Wildman–Crippen LogP) is 3.60. The van der Waals surface area contributed by atoms with Gasteiger partial charge in [0, 0.05) is 37.8 Å². The van der Waals surface area contributed by atoms with Gasteiger partial charge in [0.2, 0.25) is 0 Å². The Labute approximate surface area is 181 Å². The highest BCUT2D eigenvalue weighted by atomic mass is 19.1. The Kier molecular flexibility index (Phi) is 7.68. The molecule has 2 aromatic rings. The average molecular weight is 433 g/mol. The van der Waals surface area contributed by atoms with Crippen LogP contribution in [0.5, 0.6) is 11.5 Å². The molecule has 31 heavy (non-hydrogen) atoms. The Bertz CT molecular complexity index is 879. The summed E-state index contributed by atoms with van der Waals surface area (Å²) >= 11 is 0. The number of nitrogens with zero attached hydrogens (tertiary/aromatic N) is 2. The number of hydrogen-bond donors (Lipinski definition) is 1. The molecule has 6 nitrogen and oxygen atoms in total. The zero-order valence-electron chi connectivity index (χ0n) is 18.1. The van der Waals surface area contributed by atoms with Crippen LogP contribution < -0.4 is 14.8 Å². The van der Waals surface area contributed by atoms with E-state index >= 15 is 0 Å². The van der Waals surface area contributed by atoms with Gasteiger partial charge in [-0.2, -0.15) is 0 Å². The minimum Gasteiger partial charge on any atom is -0.497 e. The van der Waals surface area contributed by atoms with Gasteiger partial charge < -0.3 is 24.6 Å². The lowest BCUT2D eigenvalue weighted by atomic mass is 10.0. The minimum atomic E-state index is -1.17. The fraction of sp³-hybridized carbons (Fsp3) is 0.435. The summed E-state index contributed by atoms with van der Waals surface area (Å²) in [5.74, 6) is 0.887. The summed E-state index contributed by atoms with van der Waals surface area (Å²) in [4.78, 5) is 16.6. The maximum atomic E-state index is 14.9. The van der Waals surface area contributed by atoms with Crippen LogP contribution in [-0.4, -0.2) is 62.4 Å². The second-order valence-electron chi connectivity index (χ2n) is 7.73. The van der Waals surface area contributed by atoms with Crippen molar-refractivity contribution in [3.8, 4) is 11.5 Å².